The van der Waals surface area contributed by atoms with Gasteiger partial charge in [-0.25, -0.2) is 0 Å². The number of hydrogen-bond acceptors (Lipinski definition) is 3. The Morgan fingerprint density at radius 2 is 2.16 bits per heavy atom. The standard InChI is InChI=1S/C13H17N3O2.ClH/c1-8(14)12(17)15-10-4-3-9-5-6-16(2)13(18)11(9)7-10;/h3-4,7-8H,5-6,14H2,1-2H3,(H,15,17);1H/t8-;/m1./s1. The largest absolute Gasteiger partial charge is 0.341 e. The first-order valence-corrected chi connectivity index (χ1v) is 5.94. The molecule has 0 spiro atoms. The molecule has 2 rings (SSSR count). The van der Waals surface area contributed by atoms with Crippen molar-refractivity contribution in [3.05, 3.63) is 29.3 Å². The predicted molar refractivity (Wildman–Crippen MR) is 76.6 cm³/mol. The molecule has 0 saturated carbocycles. The van der Waals surface area contributed by atoms with E-state index in [1.165, 1.54) is 0 Å². The van der Waals surface area contributed by atoms with Crippen LogP contribution >= 0.6 is 12.4 Å². The molecule has 0 aliphatic carbocycles. The number of rotatable bonds is 2. The number of fused-ring (bicyclic) bond motifs is 1. The number of hydrogen-bond donors (Lipinski definition) is 2. The molecule has 2 amide bonds. The molecule has 0 radical (unpaired) electrons. The van der Waals surface area contributed by atoms with Gasteiger partial charge in [0.2, 0.25) is 5.91 Å². The number of benzene rings is 1. The maximum atomic E-state index is 12.0. The molecule has 1 heterocycles. The molecule has 1 atom stereocenters. The summed E-state index contributed by atoms with van der Waals surface area (Å²) in [4.78, 5) is 25.2. The van der Waals surface area contributed by atoms with Crippen molar-refractivity contribution in [1.29, 1.82) is 0 Å². The highest BCUT2D eigenvalue weighted by molar-refractivity contribution is 5.99. The zero-order valence-corrected chi connectivity index (χ0v) is 11.8. The zero-order chi connectivity index (χ0) is 13.3. The highest BCUT2D eigenvalue weighted by Gasteiger charge is 2.21. The van der Waals surface area contributed by atoms with Gasteiger partial charge in [0.15, 0.2) is 0 Å². The minimum atomic E-state index is -0.570. The Morgan fingerprint density at radius 3 is 2.79 bits per heavy atom. The zero-order valence-electron chi connectivity index (χ0n) is 11.0. The molecule has 0 saturated heterocycles. The van der Waals surface area contributed by atoms with Crippen molar-refractivity contribution in [2.45, 2.75) is 19.4 Å². The second-order valence-electron chi connectivity index (χ2n) is 4.63. The van der Waals surface area contributed by atoms with E-state index in [9.17, 15) is 9.59 Å². The fourth-order valence-electron chi connectivity index (χ4n) is 1.92. The molecule has 3 N–H and O–H groups in total. The summed E-state index contributed by atoms with van der Waals surface area (Å²) in [6.07, 6.45) is 0.846. The summed E-state index contributed by atoms with van der Waals surface area (Å²) < 4.78 is 0. The van der Waals surface area contributed by atoms with Crippen molar-refractivity contribution in [1.82, 2.24) is 4.90 Å². The SMILES string of the molecule is C[C@@H](N)C(=O)Nc1ccc2c(c1)C(=O)N(C)CC2.Cl. The average Bonchev–Trinajstić information content (AvgIpc) is 2.34. The molecular formula is C13H18ClN3O2. The first-order chi connectivity index (χ1) is 8.49. The Labute approximate surface area is 118 Å². The summed E-state index contributed by atoms with van der Waals surface area (Å²) in [6, 6.07) is 4.84. The normalized spacial score (nSPS) is 15.3. The fourth-order valence-corrected chi connectivity index (χ4v) is 1.92. The maximum Gasteiger partial charge on any atom is 0.253 e. The van der Waals surface area contributed by atoms with Crippen LogP contribution in [-0.2, 0) is 11.2 Å². The molecule has 0 unspecified atom stereocenters. The van der Waals surface area contributed by atoms with E-state index >= 15 is 0 Å². The van der Waals surface area contributed by atoms with Crippen LogP contribution in [0.3, 0.4) is 0 Å². The van der Waals surface area contributed by atoms with Crippen molar-refractivity contribution in [3.8, 4) is 0 Å². The minimum Gasteiger partial charge on any atom is -0.341 e. The van der Waals surface area contributed by atoms with Crippen LogP contribution in [-0.4, -0.2) is 36.3 Å². The van der Waals surface area contributed by atoms with Gasteiger partial charge < -0.3 is 16.0 Å². The van der Waals surface area contributed by atoms with Gasteiger partial charge in [-0.3, -0.25) is 9.59 Å². The smallest absolute Gasteiger partial charge is 0.253 e. The van der Waals surface area contributed by atoms with Crippen molar-refractivity contribution in [2.75, 3.05) is 18.9 Å². The Balaban J connectivity index is 0.00000180. The molecule has 1 aliphatic rings. The summed E-state index contributed by atoms with van der Waals surface area (Å²) >= 11 is 0. The van der Waals surface area contributed by atoms with Crippen LogP contribution in [0.15, 0.2) is 18.2 Å². The third-order valence-corrected chi connectivity index (χ3v) is 3.08. The second kappa shape index (κ2) is 6.04. The molecular weight excluding hydrogens is 266 g/mol. The van der Waals surface area contributed by atoms with Gasteiger partial charge in [-0.2, -0.15) is 0 Å². The van der Waals surface area contributed by atoms with Crippen LogP contribution in [0.25, 0.3) is 0 Å². The Hall–Kier alpha value is -1.59. The minimum absolute atomic E-state index is 0. The van der Waals surface area contributed by atoms with Crippen LogP contribution in [0.1, 0.15) is 22.8 Å². The third-order valence-electron chi connectivity index (χ3n) is 3.08. The molecule has 1 aromatic rings. The number of nitrogens with one attached hydrogen (secondary N) is 1. The second-order valence-corrected chi connectivity index (χ2v) is 4.63. The van der Waals surface area contributed by atoms with E-state index in [0.29, 0.717) is 11.3 Å². The first-order valence-electron chi connectivity index (χ1n) is 5.94. The van der Waals surface area contributed by atoms with Crippen LogP contribution in [0, 0.1) is 0 Å². The van der Waals surface area contributed by atoms with Gasteiger partial charge in [-0.15, -0.1) is 12.4 Å². The van der Waals surface area contributed by atoms with Crippen LogP contribution in [0.5, 0.6) is 0 Å². The number of carbonyl (C=O) groups excluding carboxylic acids is 2. The van der Waals surface area contributed by atoms with Gasteiger partial charge in [-0.05, 0) is 31.0 Å². The van der Waals surface area contributed by atoms with Crippen LogP contribution in [0.4, 0.5) is 5.69 Å². The Kier molecular flexibility index (Phi) is 4.91. The van der Waals surface area contributed by atoms with Gasteiger partial charge in [0.1, 0.15) is 0 Å². The van der Waals surface area contributed by atoms with Gasteiger partial charge in [0.25, 0.3) is 5.91 Å². The summed E-state index contributed by atoms with van der Waals surface area (Å²) in [5, 5.41) is 2.69. The van der Waals surface area contributed by atoms with E-state index in [4.69, 9.17) is 5.73 Å². The number of nitrogens with zero attached hydrogens (tertiary/aromatic N) is 1. The van der Waals surface area contributed by atoms with Crippen LogP contribution in [0.2, 0.25) is 0 Å². The number of carbonyl (C=O) groups is 2. The topological polar surface area (TPSA) is 75.4 Å². The molecule has 1 aromatic carbocycles. The van der Waals surface area contributed by atoms with E-state index in [0.717, 1.165) is 18.5 Å². The van der Waals surface area contributed by atoms with E-state index < -0.39 is 6.04 Å². The van der Waals surface area contributed by atoms with Crippen molar-refractivity contribution < 1.29 is 9.59 Å². The van der Waals surface area contributed by atoms with Gasteiger partial charge in [-0.1, -0.05) is 6.07 Å². The lowest BCUT2D eigenvalue weighted by Gasteiger charge is -2.25. The van der Waals surface area contributed by atoms with Crippen molar-refractivity contribution in [2.24, 2.45) is 5.73 Å². The fraction of sp³-hybridized carbons (Fsp3) is 0.385. The summed E-state index contributed by atoms with van der Waals surface area (Å²) in [7, 11) is 1.78. The van der Waals surface area contributed by atoms with Gasteiger partial charge in [0.05, 0.1) is 6.04 Å². The number of amides is 2. The molecule has 6 heteroatoms. The molecule has 19 heavy (non-hydrogen) atoms. The van der Waals surface area contributed by atoms with E-state index in [2.05, 4.69) is 5.32 Å². The highest BCUT2D eigenvalue weighted by Crippen LogP contribution is 2.22. The summed E-state index contributed by atoms with van der Waals surface area (Å²) in [5.74, 6) is -0.264. The van der Waals surface area contributed by atoms with Gasteiger partial charge >= 0.3 is 0 Å². The molecule has 0 bridgehead atoms. The van der Waals surface area contributed by atoms with E-state index in [1.54, 1.807) is 31.0 Å². The highest BCUT2D eigenvalue weighted by atomic mass is 35.5. The monoisotopic (exact) mass is 283 g/mol. The molecule has 0 fully saturated rings. The third kappa shape index (κ3) is 3.24. The number of likely N-dealkylation sites (N-methyl/N-ethyl adjacent to an activating group) is 1. The van der Waals surface area contributed by atoms with Gasteiger partial charge in [0, 0.05) is 24.8 Å². The maximum absolute atomic E-state index is 12.0. The first kappa shape index (κ1) is 15.5. The Bertz CT molecular complexity index is 503. The van der Waals surface area contributed by atoms with Crippen molar-refractivity contribution in [3.63, 3.8) is 0 Å². The number of halogens is 1. The molecule has 1 aliphatic heterocycles. The Morgan fingerprint density at radius 1 is 1.47 bits per heavy atom. The molecule has 104 valence electrons. The summed E-state index contributed by atoms with van der Waals surface area (Å²) in [6.45, 7) is 2.35. The lowest BCUT2D eigenvalue weighted by atomic mass is 9.98. The van der Waals surface area contributed by atoms with E-state index in [-0.39, 0.29) is 24.2 Å². The number of anilines is 1. The quantitative estimate of drug-likeness (QED) is 0.851. The predicted octanol–water partition coefficient (Wildman–Crippen LogP) is 1.02. The number of nitrogens with two attached hydrogens (primary N) is 1. The lowest BCUT2D eigenvalue weighted by Crippen LogP contribution is -2.35. The molecule has 0 aromatic heterocycles. The average molecular weight is 284 g/mol. The van der Waals surface area contributed by atoms with Crippen molar-refractivity contribution >= 4 is 29.9 Å². The lowest BCUT2D eigenvalue weighted by molar-refractivity contribution is -0.117. The molecule has 5 nitrogen and oxygen atoms in total. The van der Waals surface area contributed by atoms with Crippen LogP contribution < -0.4 is 11.1 Å². The van der Waals surface area contributed by atoms with E-state index in [1.807, 2.05) is 6.07 Å². The summed E-state index contributed by atoms with van der Waals surface area (Å²) in [5.41, 5.74) is 7.78.